The van der Waals surface area contributed by atoms with Crippen LogP contribution in [0.3, 0.4) is 0 Å². The van der Waals surface area contributed by atoms with Gasteiger partial charge in [-0.3, -0.25) is 4.79 Å². The van der Waals surface area contributed by atoms with Crippen LogP contribution in [-0.2, 0) is 9.53 Å². The van der Waals surface area contributed by atoms with Gasteiger partial charge in [-0.05, 0) is 5.56 Å². The van der Waals surface area contributed by atoms with Crippen LogP contribution in [0.2, 0.25) is 0 Å². The molecule has 3 heteroatoms. The third-order valence-electron chi connectivity index (χ3n) is 2.59. The molecule has 2 rings (SSSR count). The Kier molecular flexibility index (Phi) is 2.59. The summed E-state index contributed by atoms with van der Waals surface area (Å²) in [4.78, 5) is 11.5. The minimum atomic E-state index is -0.124. The molecule has 0 bridgehead atoms. The fraction of sp³-hybridized carbons (Fsp3) is 0.364. The van der Waals surface area contributed by atoms with E-state index in [1.807, 2.05) is 30.3 Å². The number of halogens is 1. The molecule has 1 fully saturated rings. The summed E-state index contributed by atoms with van der Waals surface area (Å²) in [6.45, 7) is 0. The van der Waals surface area contributed by atoms with E-state index in [9.17, 15) is 4.79 Å². The Morgan fingerprint density at radius 1 is 1.36 bits per heavy atom. The number of carbonyl (C=O) groups excluding carboxylic acids is 1. The third kappa shape index (κ3) is 1.57. The van der Waals surface area contributed by atoms with Crippen LogP contribution >= 0.6 is 15.9 Å². The van der Waals surface area contributed by atoms with Gasteiger partial charge in [-0.1, -0.05) is 46.3 Å². The van der Waals surface area contributed by atoms with E-state index in [1.54, 1.807) is 0 Å². The highest BCUT2D eigenvalue weighted by Gasteiger charge is 2.54. The molecule has 0 spiro atoms. The summed E-state index contributed by atoms with van der Waals surface area (Å²) in [5, 5.41) is 0. The fourth-order valence-corrected chi connectivity index (χ4v) is 2.76. The number of methoxy groups -OCH3 is 1. The van der Waals surface area contributed by atoms with Crippen LogP contribution in [-0.4, -0.2) is 17.9 Å². The number of hydrogen-bond acceptors (Lipinski definition) is 2. The summed E-state index contributed by atoms with van der Waals surface area (Å²) >= 11 is 3.49. The zero-order valence-electron chi connectivity index (χ0n) is 7.81. The summed E-state index contributed by atoms with van der Waals surface area (Å²) in [6.07, 6.45) is 0. The maximum absolute atomic E-state index is 11.3. The molecule has 1 aliphatic rings. The number of carbonyl (C=O) groups is 1. The summed E-state index contributed by atoms with van der Waals surface area (Å²) in [5.41, 5.74) is 1.20. The quantitative estimate of drug-likeness (QED) is 0.599. The number of hydrogen-bond donors (Lipinski definition) is 0. The molecule has 0 heterocycles. The van der Waals surface area contributed by atoms with E-state index >= 15 is 0 Å². The van der Waals surface area contributed by atoms with Crippen LogP contribution in [0.25, 0.3) is 0 Å². The van der Waals surface area contributed by atoms with E-state index < -0.39 is 0 Å². The molecule has 0 amide bonds. The lowest BCUT2D eigenvalue weighted by atomic mass is 10.1. The SMILES string of the molecule is COC(=O)[C@H]1[C@H](Br)[C@@H]1c1ccccc1. The Bertz CT molecular complexity index is 336. The van der Waals surface area contributed by atoms with Crippen molar-refractivity contribution in [3.05, 3.63) is 35.9 Å². The van der Waals surface area contributed by atoms with Crippen molar-refractivity contribution in [2.45, 2.75) is 10.7 Å². The molecule has 0 radical (unpaired) electrons. The molecular formula is C11H11BrO2. The molecule has 74 valence electrons. The predicted octanol–water partition coefficient (Wildman–Crippen LogP) is 2.34. The zero-order valence-corrected chi connectivity index (χ0v) is 9.40. The molecule has 3 atom stereocenters. The molecule has 0 unspecified atom stereocenters. The number of ether oxygens (including phenoxy) is 1. The second-order valence-electron chi connectivity index (χ2n) is 3.43. The third-order valence-corrected chi connectivity index (χ3v) is 3.73. The summed E-state index contributed by atoms with van der Waals surface area (Å²) in [6, 6.07) is 10.0. The predicted molar refractivity (Wildman–Crippen MR) is 57.4 cm³/mol. The average molecular weight is 255 g/mol. The van der Waals surface area contributed by atoms with E-state index in [-0.39, 0.29) is 22.6 Å². The minimum absolute atomic E-state index is 0.0117. The minimum Gasteiger partial charge on any atom is -0.469 e. The van der Waals surface area contributed by atoms with Gasteiger partial charge in [-0.2, -0.15) is 0 Å². The van der Waals surface area contributed by atoms with E-state index in [0.717, 1.165) is 0 Å². The molecule has 1 saturated carbocycles. The molecule has 0 N–H and O–H groups in total. The number of rotatable bonds is 2. The highest BCUT2D eigenvalue weighted by molar-refractivity contribution is 9.09. The van der Waals surface area contributed by atoms with Gasteiger partial charge in [-0.25, -0.2) is 0 Å². The first kappa shape index (κ1) is 9.71. The van der Waals surface area contributed by atoms with Crippen LogP contribution in [0.15, 0.2) is 30.3 Å². The lowest BCUT2D eigenvalue weighted by Gasteiger charge is -1.97. The van der Waals surface area contributed by atoms with Crippen LogP contribution < -0.4 is 0 Å². The Morgan fingerprint density at radius 2 is 2.00 bits per heavy atom. The van der Waals surface area contributed by atoms with E-state index in [2.05, 4.69) is 15.9 Å². The van der Waals surface area contributed by atoms with Gasteiger partial charge in [0.05, 0.1) is 13.0 Å². The first-order valence-electron chi connectivity index (χ1n) is 4.52. The van der Waals surface area contributed by atoms with E-state index in [1.165, 1.54) is 12.7 Å². The monoisotopic (exact) mass is 254 g/mol. The highest BCUT2D eigenvalue weighted by Crippen LogP contribution is 2.53. The first-order valence-corrected chi connectivity index (χ1v) is 5.44. The Labute approximate surface area is 91.4 Å². The molecule has 1 aromatic carbocycles. The standard InChI is InChI=1S/C11H11BrO2/c1-14-11(13)9-8(10(9)12)7-5-3-2-4-6-7/h2-6,8-10H,1H3/t8-,9-,10-/m1/s1. The van der Waals surface area contributed by atoms with E-state index in [4.69, 9.17) is 4.74 Å². The van der Waals surface area contributed by atoms with Crippen molar-refractivity contribution in [2.24, 2.45) is 5.92 Å². The first-order chi connectivity index (χ1) is 6.75. The van der Waals surface area contributed by atoms with E-state index in [0.29, 0.717) is 0 Å². The summed E-state index contributed by atoms with van der Waals surface area (Å²) in [7, 11) is 1.43. The fourth-order valence-electron chi connectivity index (χ4n) is 1.75. The number of esters is 1. The van der Waals surface area contributed by atoms with Gasteiger partial charge in [-0.15, -0.1) is 0 Å². The van der Waals surface area contributed by atoms with Gasteiger partial charge in [0, 0.05) is 10.7 Å². The lowest BCUT2D eigenvalue weighted by molar-refractivity contribution is -0.142. The van der Waals surface area contributed by atoms with Gasteiger partial charge in [0.1, 0.15) is 0 Å². The molecule has 0 aromatic heterocycles. The van der Waals surface area contributed by atoms with Crippen LogP contribution in [0.1, 0.15) is 11.5 Å². The topological polar surface area (TPSA) is 26.3 Å². The Morgan fingerprint density at radius 3 is 2.57 bits per heavy atom. The Balaban J connectivity index is 2.13. The maximum Gasteiger partial charge on any atom is 0.310 e. The summed E-state index contributed by atoms with van der Waals surface area (Å²) in [5.74, 6) is 0.145. The van der Waals surface area contributed by atoms with Gasteiger partial charge >= 0.3 is 5.97 Å². The van der Waals surface area contributed by atoms with Crippen LogP contribution in [0, 0.1) is 5.92 Å². The average Bonchev–Trinajstić information content (AvgIpc) is 2.90. The van der Waals surface area contributed by atoms with Crippen molar-refractivity contribution in [1.29, 1.82) is 0 Å². The van der Waals surface area contributed by atoms with Crippen molar-refractivity contribution >= 4 is 21.9 Å². The molecule has 14 heavy (non-hydrogen) atoms. The second kappa shape index (κ2) is 3.73. The lowest BCUT2D eigenvalue weighted by Crippen LogP contribution is -2.04. The molecule has 0 aliphatic heterocycles. The second-order valence-corrected chi connectivity index (χ2v) is 4.49. The Hall–Kier alpha value is -0.830. The van der Waals surface area contributed by atoms with Crippen molar-refractivity contribution in [3.63, 3.8) is 0 Å². The smallest absolute Gasteiger partial charge is 0.310 e. The molecule has 1 aliphatic carbocycles. The van der Waals surface area contributed by atoms with Crippen molar-refractivity contribution in [3.8, 4) is 0 Å². The largest absolute Gasteiger partial charge is 0.469 e. The number of alkyl halides is 1. The highest BCUT2D eigenvalue weighted by atomic mass is 79.9. The van der Waals surface area contributed by atoms with Crippen LogP contribution in [0.5, 0.6) is 0 Å². The summed E-state index contributed by atoms with van der Waals surface area (Å²) < 4.78 is 4.73. The van der Waals surface area contributed by atoms with Crippen molar-refractivity contribution in [2.75, 3.05) is 7.11 Å². The van der Waals surface area contributed by atoms with Gasteiger partial charge in [0.2, 0.25) is 0 Å². The number of benzene rings is 1. The normalized spacial score (nSPS) is 29.7. The zero-order chi connectivity index (χ0) is 10.1. The maximum atomic E-state index is 11.3. The van der Waals surface area contributed by atoms with Crippen molar-refractivity contribution < 1.29 is 9.53 Å². The van der Waals surface area contributed by atoms with Gasteiger partial charge < -0.3 is 4.74 Å². The van der Waals surface area contributed by atoms with Crippen molar-refractivity contribution in [1.82, 2.24) is 0 Å². The van der Waals surface area contributed by atoms with Crippen LogP contribution in [0.4, 0.5) is 0 Å². The van der Waals surface area contributed by atoms with Gasteiger partial charge in [0.25, 0.3) is 0 Å². The molecule has 2 nitrogen and oxygen atoms in total. The molecular weight excluding hydrogens is 244 g/mol. The molecule has 1 aromatic rings. The van der Waals surface area contributed by atoms with Gasteiger partial charge in [0.15, 0.2) is 0 Å². The molecule has 0 saturated heterocycles.